The molecular weight excluding hydrogens is 186 g/mol. The van der Waals surface area contributed by atoms with Crippen LogP contribution in [0.25, 0.3) is 0 Å². The van der Waals surface area contributed by atoms with Crippen LogP contribution in [0.2, 0.25) is 0 Å². The summed E-state index contributed by atoms with van der Waals surface area (Å²) in [6.45, 7) is 3.99. The van der Waals surface area contributed by atoms with Crippen LogP contribution in [0.4, 0.5) is 0 Å². The Kier molecular flexibility index (Phi) is 3.68. The van der Waals surface area contributed by atoms with Crippen molar-refractivity contribution < 1.29 is 4.74 Å². The molecule has 0 saturated heterocycles. The molecule has 0 radical (unpaired) electrons. The fraction of sp³-hybridized carbons (Fsp3) is 1.00. The molecule has 0 aromatic heterocycles. The molecule has 2 nitrogen and oxygen atoms in total. The van der Waals surface area contributed by atoms with Gasteiger partial charge in [0.2, 0.25) is 0 Å². The summed E-state index contributed by atoms with van der Waals surface area (Å²) in [5.74, 6) is 1.74. The zero-order valence-corrected chi connectivity index (χ0v) is 10.0. The number of rotatable bonds is 6. The Morgan fingerprint density at radius 2 is 2.20 bits per heavy atom. The van der Waals surface area contributed by atoms with Crippen LogP contribution >= 0.6 is 0 Å². The highest BCUT2D eigenvalue weighted by Crippen LogP contribution is 2.50. The van der Waals surface area contributed by atoms with Gasteiger partial charge in [0.15, 0.2) is 0 Å². The van der Waals surface area contributed by atoms with Crippen LogP contribution in [-0.2, 0) is 4.74 Å². The van der Waals surface area contributed by atoms with Gasteiger partial charge in [0.05, 0.1) is 0 Å². The largest absolute Gasteiger partial charge is 0.381 e. The first kappa shape index (κ1) is 11.4. The Hall–Kier alpha value is -0.0800. The van der Waals surface area contributed by atoms with Gasteiger partial charge in [0, 0.05) is 18.8 Å². The third-order valence-electron chi connectivity index (χ3n) is 4.38. The van der Waals surface area contributed by atoms with Crippen LogP contribution < -0.4 is 5.73 Å². The van der Waals surface area contributed by atoms with Crippen LogP contribution in [0.3, 0.4) is 0 Å². The number of unbranched alkanes of at least 4 members (excludes halogenated alkanes) is 1. The highest BCUT2D eigenvalue weighted by Gasteiger charge is 2.47. The van der Waals surface area contributed by atoms with Crippen LogP contribution in [0.5, 0.6) is 0 Å². The van der Waals surface area contributed by atoms with E-state index in [1.54, 1.807) is 0 Å². The number of hydrogen-bond donors (Lipinski definition) is 1. The Bertz CT molecular complexity index is 207. The van der Waals surface area contributed by atoms with Crippen molar-refractivity contribution in [1.29, 1.82) is 0 Å². The van der Waals surface area contributed by atoms with Gasteiger partial charge >= 0.3 is 0 Å². The summed E-state index contributed by atoms with van der Waals surface area (Å²) >= 11 is 0. The van der Waals surface area contributed by atoms with E-state index < -0.39 is 0 Å². The summed E-state index contributed by atoms with van der Waals surface area (Å²) in [7, 11) is 0. The first-order valence-electron chi connectivity index (χ1n) is 6.61. The van der Waals surface area contributed by atoms with Crippen molar-refractivity contribution in [3.05, 3.63) is 0 Å². The predicted octanol–water partition coefficient (Wildman–Crippen LogP) is 2.71. The van der Waals surface area contributed by atoms with Crippen molar-refractivity contribution in [2.45, 2.75) is 57.4 Å². The maximum absolute atomic E-state index is 6.48. The lowest BCUT2D eigenvalue weighted by atomic mass is 9.80. The van der Waals surface area contributed by atoms with E-state index in [0.717, 1.165) is 31.5 Å². The van der Waals surface area contributed by atoms with Crippen molar-refractivity contribution >= 4 is 0 Å². The highest BCUT2D eigenvalue weighted by molar-refractivity contribution is 5.04. The molecule has 2 aliphatic carbocycles. The van der Waals surface area contributed by atoms with E-state index in [1.165, 1.54) is 38.5 Å². The smallest absolute Gasteiger partial charge is 0.0483 e. The molecule has 2 N–H and O–H groups in total. The second-order valence-electron chi connectivity index (χ2n) is 5.53. The lowest BCUT2D eigenvalue weighted by Gasteiger charge is -2.33. The van der Waals surface area contributed by atoms with Gasteiger partial charge in [-0.1, -0.05) is 19.8 Å². The molecule has 0 aromatic rings. The van der Waals surface area contributed by atoms with E-state index in [4.69, 9.17) is 10.5 Å². The Labute approximate surface area is 93.6 Å². The highest BCUT2D eigenvalue weighted by atomic mass is 16.5. The van der Waals surface area contributed by atoms with Crippen LogP contribution in [0.1, 0.15) is 51.9 Å². The van der Waals surface area contributed by atoms with Crippen molar-refractivity contribution in [1.82, 2.24) is 0 Å². The molecule has 3 unspecified atom stereocenters. The maximum Gasteiger partial charge on any atom is 0.0483 e. The molecule has 0 aromatic carbocycles. The summed E-state index contributed by atoms with van der Waals surface area (Å²) in [6, 6.07) is 0. The van der Waals surface area contributed by atoms with Gasteiger partial charge in [0.25, 0.3) is 0 Å². The molecule has 0 heterocycles. The van der Waals surface area contributed by atoms with Crippen molar-refractivity contribution in [3.63, 3.8) is 0 Å². The van der Waals surface area contributed by atoms with Gasteiger partial charge in [-0.3, -0.25) is 0 Å². The summed E-state index contributed by atoms with van der Waals surface area (Å²) in [4.78, 5) is 0. The standard InChI is InChI=1S/C13H25NO/c1-2-3-7-15-8-6-13(14)10-11-4-5-12(13)9-11/h11-12H,2-10,14H2,1H3. The maximum atomic E-state index is 6.48. The lowest BCUT2D eigenvalue weighted by Crippen LogP contribution is -2.45. The van der Waals surface area contributed by atoms with Crippen LogP contribution in [0, 0.1) is 11.8 Å². The van der Waals surface area contributed by atoms with Gasteiger partial charge in [-0.25, -0.2) is 0 Å². The minimum absolute atomic E-state index is 0.134. The average Bonchev–Trinajstić information content (AvgIpc) is 2.77. The van der Waals surface area contributed by atoms with Crippen molar-refractivity contribution in [2.24, 2.45) is 17.6 Å². The first-order valence-corrected chi connectivity index (χ1v) is 6.61. The molecule has 3 atom stereocenters. The first-order chi connectivity index (χ1) is 7.24. The summed E-state index contributed by atoms with van der Waals surface area (Å²) in [6.07, 6.45) is 8.94. The van der Waals surface area contributed by atoms with E-state index in [2.05, 4.69) is 6.92 Å². The quantitative estimate of drug-likeness (QED) is 0.686. The molecule has 2 rings (SSSR count). The lowest BCUT2D eigenvalue weighted by molar-refractivity contribution is 0.0985. The fourth-order valence-electron chi connectivity index (χ4n) is 3.40. The Morgan fingerprint density at radius 3 is 2.80 bits per heavy atom. The van der Waals surface area contributed by atoms with Crippen LogP contribution in [0.15, 0.2) is 0 Å². The van der Waals surface area contributed by atoms with Crippen molar-refractivity contribution in [3.8, 4) is 0 Å². The molecule has 88 valence electrons. The predicted molar refractivity (Wildman–Crippen MR) is 62.7 cm³/mol. The third kappa shape index (κ3) is 2.54. The minimum Gasteiger partial charge on any atom is -0.381 e. The SMILES string of the molecule is CCCCOCCC1(N)CC2CCC1C2. The van der Waals surface area contributed by atoms with Crippen molar-refractivity contribution in [2.75, 3.05) is 13.2 Å². The van der Waals surface area contributed by atoms with E-state index in [-0.39, 0.29) is 5.54 Å². The molecular formula is C13H25NO. The molecule has 2 saturated carbocycles. The van der Waals surface area contributed by atoms with Gasteiger partial charge < -0.3 is 10.5 Å². The van der Waals surface area contributed by atoms with Gasteiger partial charge in [0.1, 0.15) is 0 Å². The van der Waals surface area contributed by atoms with Gasteiger partial charge in [-0.05, 0) is 43.9 Å². The zero-order chi connectivity index (χ0) is 10.7. The Balaban J connectivity index is 1.66. The number of fused-ring (bicyclic) bond motifs is 2. The van der Waals surface area contributed by atoms with E-state index in [0.29, 0.717) is 0 Å². The molecule has 15 heavy (non-hydrogen) atoms. The fourth-order valence-corrected chi connectivity index (χ4v) is 3.40. The second-order valence-corrected chi connectivity index (χ2v) is 5.53. The van der Waals surface area contributed by atoms with Gasteiger partial charge in [-0.15, -0.1) is 0 Å². The molecule has 2 heteroatoms. The van der Waals surface area contributed by atoms with E-state index >= 15 is 0 Å². The monoisotopic (exact) mass is 211 g/mol. The number of nitrogens with two attached hydrogens (primary N) is 1. The Morgan fingerprint density at radius 1 is 1.33 bits per heavy atom. The summed E-state index contributed by atoms with van der Waals surface area (Å²) < 4.78 is 5.63. The summed E-state index contributed by atoms with van der Waals surface area (Å²) in [5, 5.41) is 0. The van der Waals surface area contributed by atoms with E-state index in [9.17, 15) is 0 Å². The van der Waals surface area contributed by atoms with Crippen LogP contribution in [-0.4, -0.2) is 18.8 Å². The molecule has 2 aliphatic rings. The van der Waals surface area contributed by atoms with Gasteiger partial charge in [-0.2, -0.15) is 0 Å². The number of ether oxygens (including phenoxy) is 1. The zero-order valence-electron chi connectivity index (χ0n) is 10.0. The summed E-state index contributed by atoms with van der Waals surface area (Å²) in [5.41, 5.74) is 6.61. The third-order valence-corrected chi connectivity index (χ3v) is 4.38. The molecule has 2 fully saturated rings. The van der Waals surface area contributed by atoms with E-state index in [1.807, 2.05) is 0 Å². The topological polar surface area (TPSA) is 35.2 Å². The number of hydrogen-bond acceptors (Lipinski definition) is 2. The molecule has 0 spiro atoms. The molecule has 0 aliphatic heterocycles. The second kappa shape index (κ2) is 4.84. The normalized spacial score (nSPS) is 38.8. The molecule has 2 bridgehead atoms. The molecule has 0 amide bonds. The minimum atomic E-state index is 0.134. The average molecular weight is 211 g/mol.